The van der Waals surface area contributed by atoms with Crippen molar-refractivity contribution in [1.29, 1.82) is 0 Å². The maximum Gasteiger partial charge on any atom is 0.339 e. The molecule has 1 aromatic carbocycles. The number of hydrogen-bond donors (Lipinski definition) is 1. The summed E-state index contributed by atoms with van der Waals surface area (Å²) in [5.41, 5.74) is 2.08. The van der Waals surface area contributed by atoms with Crippen molar-refractivity contribution < 1.29 is 14.3 Å². The third-order valence-electron chi connectivity index (χ3n) is 3.98. The molecule has 0 aliphatic carbocycles. The van der Waals surface area contributed by atoms with Crippen LogP contribution in [0.25, 0.3) is 0 Å². The molecule has 1 N–H and O–H groups in total. The van der Waals surface area contributed by atoms with Gasteiger partial charge in [0.15, 0.2) is 0 Å². The minimum Gasteiger partial charge on any atom is -0.465 e. The Morgan fingerprint density at radius 3 is 2.44 bits per heavy atom. The average Bonchev–Trinajstić information content (AvgIpc) is 2.62. The highest BCUT2D eigenvalue weighted by Gasteiger charge is 2.13. The lowest BCUT2D eigenvalue weighted by Crippen LogP contribution is -2.33. The van der Waals surface area contributed by atoms with Gasteiger partial charge in [0, 0.05) is 12.3 Å². The molecule has 0 aliphatic rings. The van der Waals surface area contributed by atoms with E-state index >= 15 is 0 Å². The second-order valence-electron chi connectivity index (χ2n) is 5.76. The fraction of sp³-hybridized carbons (Fsp3) is 0.316. The molecule has 1 aromatic heterocycles. The van der Waals surface area contributed by atoms with Gasteiger partial charge >= 0.3 is 5.97 Å². The zero-order chi connectivity index (χ0) is 18.4. The Labute approximate surface area is 146 Å². The molecule has 2 aromatic rings. The van der Waals surface area contributed by atoms with E-state index in [1.165, 1.54) is 35.6 Å². The Morgan fingerprint density at radius 1 is 1.16 bits per heavy atom. The van der Waals surface area contributed by atoms with Crippen LogP contribution in [0.3, 0.4) is 0 Å². The van der Waals surface area contributed by atoms with Crippen molar-refractivity contribution in [2.24, 2.45) is 0 Å². The van der Waals surface area contributed by atoms with Gasteiger partial charge in [-0.25, -0.2) is 4.79 Å². The van der Waals surface area contributed by atoms with Crippen molar-refractivity contribution >= 4 is 11.9 Å². The van der Waals surface area contributed by atoms with Crippen LogP contribution in [-0.2, 0) is 22.5 Å². The monoisotopic (exact) mass is 342 g/mol. The van der Waals surface area contributed by atoms with Crippen molar-refractivity contribution in [3.63, 3.8) is 0 Å². The van der Waals surface area contributed by atoms with Gasteiger partial charge in [-0.1, -0.05) is 31.2 Å². The number of hydrogen-bond acceptors (Lipinski definition) is 4. The molecule has 0 saturated carbocycles. The smallest absolute Gasteiger partial charge is 0.339 e. The van der Waals surface area contributed by atoms with Gasteiger partial charge in [-0.3, -0.25) is 9.59 Å². The minimum absolute atomic E-state index is 0.166. The normalized spacial score (nSPS) is 11.6. The van der Waals surface area contributed by atoms with Crippen molar-refractivity contribution in [3.8, 4) is 0 Å². The van der Waals surface area contributed by atoms with Crippen LogP contribution < -0.4 is 10.9 Å². The Bertz CT molecular complexity index is 809. The number of amides is 1. The number of aryl methyl sites for hydroxylation is 1. The largest absolute Gasteiger partial charge is 0.465 e. The van der Waals surface area contributed by atoms with E-state index < -0.39 is 5.97 Å². The Hall–Kier alpha value is -2.89. The zero-order valence-electron chi connectivity index (χ0n) is 14.6. The van der Waals surface area contributed by atoms with Gasteiger partial charge < -0.3 is 14.6 Å². The molecule has 25 heavy (non-hydrogen) atoms. The first-order chi connectivity index (χ1) is 11.9. The molecule has 0 spiro atoms. The summed E-state index contributed by atoms with van der Waals surface area (Å²) in [7, 11) is 1.26. The molecule has 0 radical (unpaired) electrons. The molecule has 2 rings (SSSR count). The number of carbonyl (C=O) groups excluding carboxylic acids is 2. The van der Waals surface area contributed by atoms with E-state index in [4.69, 9.17) is 0 Å². The number of nitrogens with zero attached hydrogens (tertiary/aromatic N) is 1. The van der Waals surface area contributed by atoms with Gasteiger partial charge in [-0.15, -0.1) is 0 Å². The summed E-state index contributed by atoms with van der Waals surface area (Å²) in [6.07, 6.45) is 2.29. The number of aromatic nitrogens is 1. The summed E-state index contributed by atoms with van der Waals surface area (Å²) in [6, 6.07) is 10.5. The van der Waals surface area contributed by atoms with Gasteiger partial charge in [0.05, 0.1) is 18.7 Å². The minimum atomic E-state index is -0.557. The summed E-state index contributed by atoms with van der Waals surface area (Å²) >= 11 is 0. The van der Waals surface area contributed by atoms with Gasteiger partial charge in [0.1, 0.15) is 6.54 Å². The fourth-order valence-electron chi connectivity index (χ4n) is 2.46. The van der Waals surface area contributed by atoms with Crippen LogP contribution in [-0.4, -0.2) is 23.6 Å². The summed E-state index contributed by atoms with van der Waals surface area (Å²) in [5.74, 6) is -0.866. The second kappa shape index (κ2) is 8.28. The molecule has 0 bridgehead atoms. The van der Waals surface area contributed by atoms with E-state index in [-0.39, 0.29) is 29.6 Å². The van der Waals surface area contributed by atoms with Crippen LogP contribution in [0.1, 0.15) is 41.4 Å². The van der Waals surface area contributed by atoms with E-state index in [9.17, 15) is 14.4 Å². The van der Waals surface area contributed by atoms with Gasteiger partial charge in [-0.2, -0.15) is 0 Å². The maximum absolute atomic E-state index is 12.2. The predicted octanol–water partition coefficient (Wildman–Crippen LogP) is 2.07. The standard InChI is InChI=1S/C19H22N2O4/c1-4-14-5-7-15(8-6-14)13(2)20-17(22)12-21-11-16(19(24)25-3)9-10-18(21)23/h5-11,13H,4,12H2,1-3H3,(H,20,22). The van der Waals surface area contributed by atoms with Gasteiger partial charge in [0.2, 0.25) is 5.91 Å². The van der Waals surface area contributed by atoms with E-state index in [0.717, 1.165) is 12.0 Å². The van der Waals surface area contributed by atoms with E-state index in [1.54, 1.807) is 0 Å². The molecule has 0 fully saturated rings. The first kappa shape index (κ1) is 18.4. The first-order valence-corrected chi connectivity index (χ1v) is 8.11. The second-order valence-corrected chi connectivity index (χ2v) is 5.76. The van der Waals surface area contributed by atoms with Crippen molar-refractivity contribution in [2.75, 3.05) is 7.11 Å². The van der Waals surface area contributed by atoms with E-state index in [1.807, 2.05) is 31.2 Å². The third-order valence-corrected chi connectivity index (χ3v) is 3.98. The van der Waals surface area contributed by atoms with Crippen LogP contribution in [0.4, 0.5) is 0 Å². The topological polar surface area (TPSA) is 77.4 Å². The summed E-state index contributed by atoms with van der Waals surface area (Å²) < 4.78 is 5.81. The van der Waals surface area contributed by atoms with Crippen LogP contribution in [0.2, 0.25) is 0 Å². The lowest BCUT2D eigenvalue weighted by Gasteiger charge is -2.15. The first-order valence-electron chi connectivity index (χ1n) is 8.11. The molecule has 6 heteroatoms. The quantitative estimate of drug-likeness (QED) is 0.815. The predicted molar refractivity (Wildman–Crippen MR) is 94.4 cm³/mol. The van der Waals surface area contributed by atoms with Crippen molar-refractivity contribution in [2.45, 2.75) is 32.9 Å². The highest BCUT2D eigenvalue weighted by atomic mass is 16.5. The molecule has 1 heterocycles. The van der Waals surface area contributed by atoms with Crippen molar-refractivity contribution in [3.05, 3.63) is 69.6 Å². The molecule has 0 saturated heterocycles. The van der Waals surface area contributed by atoms with E-state index in [0.29, 0.717) is 0 Å². The Morgan fingerprint density at radius 2 is 1.84 bits per heavy atom. The summed E-state index contributed by atoms with van der Waals surface area (Å²) in [5, 5.41) is 2.86. The maximum atomic E-state index is 12.2. The molecular formula is C19H22N2O4. The summed E-state index contributed by atoms with van der Waals surface area (Å²) in [4.78, 5) is 35.6. The number of pyridine rings is 1. The molecule has 0 aliphatic heterocycles. The highest BCUT2D eigenvalue weighted by Crippen LogP contribution is 2.13. The SMILES string of the molecule is CCc1ccc(C(C)NC(=O)Cn2cc(C(=O)OC)ccc2=O)cc1. The zero-order valence-corrected chi connectivity index (χ0v) is 14.6. The van der Waals surface area contributed by atoms with Crippen molar-refractivity contribution in [1.82, 2.24) is 9.88 Å². The molecule has 6 nitrogen and oxygen atoms in total. The van der Waals surface area contributed by atoms with Gasteiger partial charge in [-0.05, 0) is 30.5 Å². The Kier molecular flexibility index (Phi) is 6.11. The molecule has 132 valence electrons. The third kappa shape index (κ3) is 4.79. The fourth-order valence-corrected chi connectivity index (χ4v) is 2.46. The van der Waals surface area contributed by atoms with Gasteiger partial charge in [0.25, 0.3) is 5.56 Å². The number of rotatable bonds is 6. The Balaban J connectivity index is 2.06. The molecule has 1 atom stereocenters. The number of esters is 1. The molecule has 1 unspecified atom stereocenters. The lowest BCUT2D eigenvalue weighted by molar-refractivity contribution is -0.122. The average molecular weight is 342 g/mol. The number of methoxy groups -OCH3 is 1. The van der Waals surface area contributed by atoms with Crippen LogP contribution in [0.5, 0.6) is 0 Å². The van der Waals surface area contributed by atoms with E-state index in [2.05, 4.69) is 17.0 Å². The number of carbonyl (C=O) groups is 2. The lowest BCUT2D eigenvalue weighted by atomic mass is 10.1. The number of nitrogens with one attached hydrogen (secondary N) is 1. The number of ether oxygens (including phenoxy) is 1. The van der Waals surface area contributed by atoms with Crippen LogP contribution in [0, 0.1) is 0 Å². The van der Waals surface area contributed by atoms with Crippen LogP contribution in [0.15, 0.2) is 47.4 Å². The van der Waals surface area contributed by atoms with Crippen LogP contribution >= 0.6 is 0 Å². The summed E-state index contributed by atoms with van der Waals surface area (Å²) in [6.45, 7) is 3.80. The molecule has 1 amide bonds. The number of benzene rings is 1. The molecular weight excluding hydrogens is 320 g/mol. The highest BCUT2D eigenvalue weighted by molar-refractivity contribution is 5.89.